The van der Waals surface area contributed by atoms with Crippen LogP contribution in [0, 0.1) is 0 Å². The Morgan fingerprint density at radius 3 is 2.40 bits per heavy atom. The Hall–Kier alpha value is -2.98. The van der Waals surface area contributed by atoms with Crippen molar-refractivity contribution in [3.05, 3.63) is 128 Å². The highest BCUT2D eigenvalue weighted by Gasteiger charge is 2.34. The Labute approximate surface area is 288 Å². The predicted molar refractivity (Wildman–Crippen MR) is 188 cm³/mol. The molecule has 10 heteroatoms. The third-order valence-electron chi connectivity index (χ3n) is 7.46. The Bertz CT molecular complexity index is 1920. The predicted octanol–water partition coefficient (Wildman–Crippen LogP) is 8.46. The van der Waals surface area contributed by atoms with Gasteiger partial charge < -0.3 is 9.47 Å². The van der Waals surface area contributed by atoms with Crippen LogP contribution in [0.25, 0.3) is 6.08 Å². The SMILES string of the molecule is CCCC1=C(C(=O)OCC)[C@@H](c2ccc(C(C)C)cc2)n2c(s/c(=C\c3cc(Br)c(OCc4ccccc4Cl)c(Br)c3)c2=O)=N1. The number of esters is 1. The molecule has 4 aromatic rings. The Balaban J connectivity index is 1.60. The molecule has 0 unspecified atom stereocenters. The molecule has 0 N–H and O–H groups in total. The number of allylic oxidation sites excluding steroid dienone is 1. The lowest BCUT2D eigenvalue weighted by atomic mass is 9.92. The van der Waals surface area contributed by atoms with E-state index >= 15 is 0 Å². The van der Waals surface area contributed by atoms with Gasteiger partial charge in [-0.2, -0.15) is 0 Å². The maximum atomic E-state index is 14.1. The number of ether oxygens (including phenoxy) is 2. The molecular weight excluding hydrogens is 740 g/mol. The van der Waals surface area contributed by atoms with Crippen molar-refractivity contribution in [1.82, 2.24) is 4.57 Å². The third kappa shape index (κ3) is 7.22. The van der Waals surface area contributed by atoms with Crippen molar-refractivity contribution in [2.75, 3.05) is 6.61 Å². The van der Waals surface area contributed by atoms with E-state index in [0.29, 0.717) is 50.3 Å². The van der Waals surface area contributed by atoms with Gasteiger partial charge in [0.25, 0.3) is 5.56 Å². The van der Waals surface area contributed by atoms with E-state index in [1.54, 1.807) is 11.5 Å². The summed E-state index contributed by atoms with van der Waals surface area (Å²) in [5, 5.41) is 0.638. The number of halogens is 3. The summed E-state index contributed by atoms with van der Waals surface area (Å²) < 4.78 is 15.2. The van der Waals surface area contributed by atoms with Gasteiger partial charge in [-0.25, -0.2) is 9.79 Å². The van der Waals surface area contributed by atoms with E-state index in [-0.39, 0.29) is 12.2 Å². The molecule has 0 aliphatic carbocycles. The van der Waals surface area contributed by atoms with Crippen LogP contribution in [0.5, 0.6) is 5.75 Å². The van der Waals surface area contributed by atoms with Crippen LogP contribution in [0.1, 0.15) is 74.8 Å². The molecule has 0 saturated carbocycles. The molecule has 0 amide bonds. The molecule has 3 aromatic carbocycles. The Morgan fingerprint density at radius 2 is 1.78 bits per heavy atom. The average Bonchev–Trinajstić information content (AvgIpc) is 3.31. The monoisotopic (exact) mass is 770 g/mol. The van der Waals surface area contributed by atoms with Gasteiger partial charge in [0.05, 0.1) is 37.4 Å². The molecule has 45 heavy (non-hydrogen) atoms. The highest BCUT2D eigenvalue weighted by molar-refractivity contribution is 9.11. The minimum atomic E-state index is -0.649. The highest BCUT2D eigenvalue weighted by Crippen LogP contribution is 2.36. The molecular formula is C35H33Br2ClN2O4S. The van der Waals surface area contributed by atoms with Gasteiger partial charge in [-0.05, 0) is 92.1 Å². The molecule has 0 spiro atoms. The van der Waals surface area contributed by atoms with Crippen LogP contribution in [-0.2, 0) is 16.1 Å². The number of carbonyl (C=O) groups is 1. The third-order valence-corrected chi connectivity index (χ3v) is 9.99. The van der Waals surface area contributed by atoms with E-state index in [4.69, 9.17) is 26.1 Å². The number of hydrogen-bond donors (Lipinski definition) is 0. The second-order valence-electron chi connectivity index (χ2n) is 10.9. The van der Waals surface area contributed by atoms with Crippen LogP contribution in [0.2, 0.25) is 5.02 Å². The first-order valence-corrected chi connectivity index (χ1v) is 17.6. The number of hydrogen-bond acceptors (Lipinski definition) is 6. The van der Waals surface area contributed by atoms with Crippen molar-refractivity contribution < 1.29 is 14.3 Å². The maximum Gasteiger partial charge on any atom is 0.338 e. The lowest BCUT2D eigenvalue weighted by Gasteiger charge is -2.26. The first-order chi connectivity index (χ1) is 21.6. The van der Waals surface area contributed by atoms with Crippen LogP contribution in [0.4, 0.5) is 0 Å². The number of aromatic nitrogens is 1. The van der Waals surface area contributed by atoms with Crippen LogP contribution in [0.3, 0.4) is 0 Å². The van der Waals surface area contributed by atoms with Crippen molar-refractivity contribution in [1.29, 1.82) is 0 Å². The lowest BCUT2D eigenvalue weighted by Crippen LogP contribution is -2.40. The average molecular weight is 773 g/mol. The minimum Gasteiger partial charge on any atom is -0.486 e. The first kappa shape index (κ1) is 33.4. The summed E-state index contributed by atoms with van der Waals surface area (Å²) in [6.45, 7) is 8.63. The quantitative estimate of drug-likeness (QED) is 0.152. The van der Waals surface area contributed by atoms with Gasteiger partial charge in [-0.3, -0.25) is 9.36 Å². The number of thiazole rings is 1. The van der Waals surface area contributed by atoms with Crippen molar-refractivity contribution >= 4 is 66.8 Å². The van der Waals surface area contributed by atoms with E-state index < -0.39 is 12.0 Å². The summed E-state index contributed by atoms with van der Waals surface area (Å²) in [5.41, 5.74) is 4.54. The van der Waals surface area contributed by atoms with E-state index in [9.17, 15) is 9.59 Å². The van der Waals surface area contributed by atoms with E-state index in [1.165, 1.54) is 16.9 Å². The normalized spacial score (nSPS) is 14.8. The molecule has 1 atom stereocenters. The fraction of sp³-hybridized carbons (Fsp3) is 0.286. The smallest absolute Gasteiger partial charge is 0.338 e. The van der Waals surface area contributed by atoms with E-state index in [2.05, 4.69) is 57.8 Å². The van der Waals surface area contributed by atoms with Crippen LogP contribution >= 0.6 is 54.8 Å². The lowest BCUT2D eigenvalue weighted by molar-refractivity contribution is -0.139. The van der Waals surface area contributed by atoms with Crippen LogP contribution in [-0.4, -0.2) is 17.1 Å². The van der Waals surface area contributed by atoms with Gasteiger partial charge in [0.2, 0.25) is 0 Å². The van der Waals surface area contributed by atoms with E-state index in [1.807, 2.05) is 61.5 Å². The molecule has 6 nitrogen and oxygen atoms in total. The molecule has 2 heterocycles. The van der Waals surface area contributed by atoms with Crippen LogP contribution < -0.4 is 19.6 Å². The first-order valence-electron chi connectivity index (χ1n) is 14.8. The summed E-state index contributed by atoms with van der Waals surface area (Å²) in [7, 11) is 0. The van der Waals surface area contributed by atoms with Gasteiger partial charge >= 0.3 is 5.97 Å². The fourth-order valence-electron chi connectivity index (χ4n) is 5.22. The van der Waals surface area contributed by atoms with Crippen molar-refractivity contribution in [3.63, 3.8) is 0 Å². The second-order valence-corrected chi connectivity index (χ2v) is 14.1. The van der Waals surface area contributed by atoms with Crippen molar-refractivity contribution in [3.8, 4) is 5.75 Å². The maximum absolute atomic E-state index is 14.1. The van der Waals surface area contributed by atoms with Crippen molar-refractivity contribution in [2.45, 2.75) is 59.1 Å². The number of nitrogens with zero attached hydrogens (tertiary/aromatic N) is 2. The summed E-state index contributed by atoms with van der Waals surface area (Å²) >= 11 is 14.9. The molecule has 1 aliphatic rings. The van der Waals surface area contributed by atoms with Gasteiger partial charge in [-0.15, -0.1) is 0 Å². The molecule has 0 saturated heterocycles. The summed E-state index contributed by atoms with van der Waals surface area (Å²) in [6, 6.07) is 18.8. The van der Waals surface area contributed by atoms with Gasteiger partial charge in [0.1, 0.15) is 12.4 Å². The van der Waals surface area contributed by atoms with Crippen LogP contribution in [0.15, 0.2) is 90.7 Å². The zero-order valence-electron chi connectivity index (χ0n) is 25.4. The van der Waals surface area contributed by atoms with Crippen molar-refractivity contribution in [2.24, 2.45) is 4.99 Å². The summed E-state index contributed by atoms with van der Waals surface area (Å²) in [6.07, 6.45) is 3.22. The summed E-state index contributed by atoms with van der Waals surface area (Å²) in [5.74, 6) is 0.530. The summed E-state index contributed by atoms with van der Waals surface area (Å²) in [4.78, 5) is 33.0. The number of benzene rings is 3. The topological polar surface area (TPSA) is 69.9 Å². The van der Waals surface area contributed by atoms with Gasteiger partial charge in [0.15, 0.2) is 4.80 Å². The Morgan fingerprint density at radius 1 is 1.09 bits per heavy atom. The van der Waals surface area contributed by atoms with Gasteiger partial charge in [0, 0.05) is 10.6 Å². The number of rotatable bonds is 10. The zero-order chi connectivity index (χ0) is 32.2. The van der Waals surface area contributed by atoms with E-state index in [0.717, 1.165) is 32.1 Å². The number of fused-ring (bicyclic) bond motifs is 1. The molecule has 1 aliphatic heterocycles. The molecule has 234 valence electrons. The highest BCUT2D eigenvalue weighted by atomic mass is 79.9. The largest absolute Gasteiger partial charge is 0.486 e. The molecule has 5 rings (SSSR count). The van der Waals surface area contributed by atoms with Gasteiger partial charge in [-0.1, -0.05) is 92.6 Å². The number of carbonyl (C=O) groups excluding carboxylic acids is 1. The standard InChI is InChI=1S/C35H33Br2ClN2O4S/c1-5-9-28-30(34(42)43-6-2)31(23-14-12-22(13-15-23)20(3)4)40-33(41)29(45-35(40)39-28)18-21-16-25(36)32(26(37)17-21)44-19-24-10-7-8-11-27(24)38/h7-8,10-18,20,31H,5-6,9,19H2,1-4H3/b29-18-/t31-/m1/s1. The molecule has 0 radical (unpaired) electrons. The zero-order valence-corrected chi connectivity index (χ0v) is 30.1. The minimum absolute atomic E-state index is 0.222. The molecule has 0 bridgehead atoms. The Kier molecular flexibility index (Phi) is 10.9. The second kappa shape index (κ2) is 14.6. The molecule has 0 fully saturated rings. The molecule has 1 aromatic heterocycles. The fourth-order valence-corrected chi connectivity index (χ4v) is 7.88.